The highest BCUT2D eigenvalue weighted by Gasteiger charge is 2.50. The molecule has 1 N–H and O–H groups in total. The van der Waals surface area contributed by atoms with Crippen LogP contribution in [0.25, 0.3) is 16.8 Å². The predicted molar refractivity (Wildman–Crippen MR) is 85.3 cm³/mol. The van der Waals surface area contributed by atoms with Gasteiger partial charge < -0.3 is 4.74 Å². The van der Waals surface area contributed by atoms with Crippen molar-refractivity contribution in [3.8, 4) is 29.5 Å². The van der Waals surface area contributed by atoms with E-state index in [4.69, 9.17) is 11.2 Å². The van der Waals surface area contributed by atoms with Gasteiger partial charge in [0.2, 0.25) is 0 Å². The number of ether oxygens (including phenoxy) is 1. The van der Waals surface area contributed by atoms with E-state index in [0.29, 0.717) is 12.1 Å². The number of fused-ring (bicyclic) bond motifs is 1. The highest BCUT2D eigenvalue weighted by Crippen LogP contribution is 2.52. The van der Waals surface area contributed by atoms with E-state index in [2.05, 4.69) is 21.0 Å². The van der Waals surface area contributed by atoms with E-state index < -0.39 is 28.8 Å². The number of hydrogen-bond acceptors (Lipinski definition) is 4. The van der Waals surface area contributed by atoms with Crippen molar-refractivity contribution in [2.75, 3.05) is 6.61 Å². The second-order valence-corrected chi connectivity index (χ2v) is 6.02. The van der Waals surface area contributed by atoms with Crippen LogP contribution in [-0.4, -0.2) is 26.2 Å². The van der Waals surface area contributed by atoms with Crippen LogP contribution in [0.15, 0.2) is 16.9 Å². The van der Waals surface area contributed by atoms with Crippen molar-refractivity contribution < 1.29 is 22.3 Å². The minimum absolute atomic E-state index is 0.119. The summed E-state index contributed by atoms with van der Waals surface area (Å²) in [7, 11) is 0. The molecule has 1 aromatic carbocycles. The molecule has 2 heterocycles. The smallest absolute Gasteiger partial charge is 0.352 e. The molecule has 3 aromatic rings. The summed E-state index contributed by atoms with van der Waals surface area (Å²) in [6.45, 7) is -0.206. The maximum absolute atomic E-state index is 14.8. The first-order chi connectivity index (χ1) is 12.8. The van der Waals surface area contributed by atoms with Crippen molar-refractivity contribution in [3.05, 3.63) is 45.8 Å². The predicted octanol–water partition coefficient (Wildman–Crippen LogP) is 2.47. The van der Waals surface area contributed by atoms with Crippen molar-refractivity contribution in [1.82, 2.24) is 19.6 Å². The third-order valence-corrected chi connectivity index (χ3v) is 4.15. The number of rotatable bonds is 4. The van der Waals surface area contributed by atoms with Crippen LogP contribution in [0.2, 0.25) is 0 Å². The second kappa shape index (κ2) is 5.84. The first-order valence-electron chi connectivity index (χ1n) is 7.77. The second-order valence-electron chi connectivity index (χ2n) is 6.02. The summed E-state index contributed by atoms with van der Waals surface area (Å²) in [6.07, 6.45) is 5.32. The lowest BCUT2D eigenvalue weighted by Crippen LogP contribution is -2.20. The zero-order valence-corrected chi connectivity index (χ0v) is 13.5. The molecule has 138 valence electrons. The molecule has 0 atom stereocenters. The molecule has 1 saturated carbocycles. The molecule has 0 radical (unpaired) electrons. The third kappa shape index (κ3) is 2.71. The molecule has 0 unspecified atom stereocenters. The van der Waals surface area contributed by atoms with Crippen molar-refractivity contribution in [2.24, 2.45) is 0 Å². The Morgan fingerprint density at radius 1 is 1.30 bits per heavy atom. The number of hydrogen-bond donors (Lipinski definition) is 1. The quantitative estimate of drug-likeness (QED) is 0.430. The van der Waals surface area contributed by atoms with E-state index in [0.717, 1.165) is 4.52 Å². The molecular weight excluding hydrogens is 368 g/mol. The summed E-state index contributed by atoms with van der Waals surface area (Å²) in [6, 6.07) is 1.11. The molecule has 1 aliphatic carbocycles. The number of benzene rings is 1. The molecule has 0 aliphatic heterocycles. The molecule has 1 aliphatic rings. The number of alkyl halides is 1. The summed E-state index contributed by atoms with van der Waals surface area (Å²) in [4.78, 5) is 18.5. The average Bonchev–Trinajstić information content (AvgIpc) is 3.24. The van der Waals surface area contributed by atoms with E-state index >= 15 is 0 Å². The number of halogens is 4. The van der Waals surface area contributed by atoms with Gasteiger partial charge in [0, 0.05) is 0 Å². The molecule has 0 amide bonds. The van der Waals surface area contributed by atoms with Gasteiger partial charge in [0.05, 0.1) is 5.56 Å². The Morgan fingerprint density at radius 3 is 2.56 bits per heavy atom. The summed E-state index contributed by atoms with van der Waals surface area (Å²) in [5.41, 5.74) is -3.41. The Labute approximate surface area is 148 Å². The molecular formula is C17H10F4N4O2. The molecule has 10 heteroatoms. The molecule has 2 aromatic heterocycles. The minimum Gasteiger partial charge on any atom is -0.451 e. The SMILES string of the molecule is C#CCOc1nc2c(-c3cc(F)c(F)c(F)c3)c(C3(F)CC3)nn2c(=O)[nH]1. The van der Waals surface area contributed by atoms with Crippen LogP contribution in [0, 0.1) is 29.8 Å². The lowest BCUT2D eigenvalue weighted by Gasteiger charge is -2.07. The highest BCUT2D eigenvalue weighted by atomic mass is 19.2. The molecule has 1 fully saturated rings. The largest absolute Gasteiger partial charge is 0.451 e. The highest BCUT2D eigenvalue weighted by molar-refractivity contribution is 5.81. The van der Waals surface area contributed by atoms with Crippen LogP contribution < -0.4 is 10.4 Å². The maximum atomic E-state index is 14.8. The van der Waals surface area contributed by atoms with Crippen LogP contribution in [0.4, 0.5) is 17.6 Å². The van der Waals surface area contributed by atoms with Gasteiger partial charge in [0.15, 0.2) is 35.4 Å². The van der Waals surface area contributed by atoms with Gasteiger partial charge in [-0.1, -0.05) is 5.92 Å². The number of terminal acetylenes is 1. The molecule has 0 saturated heterocycles. The van der Waals surface area contributed by atoms with Gasteiger partial charge in [-0.2, -0.15) is 14.6 Å². The topological polar surface area (TPSA) is 72.3 Å². The van der Waals surface area contributed by atoms with Gasteiger partial charge in [0.1, 0.15) is 5.69 Å². The first kappa shape index (κ1) is 17.1. The summed E-state index contributed by atoms with van der Waals surface area (Å²) < 4.78 is 61.4. The molecule has 27 heavy (non-hydrogen) atoms. The Balaban J connectivity index is 2.03. The van der Waals surface area contributed by atoms with E-state index in [1.165, 1.54) is 0 Å². The van der Waals surface area contributed by atoms with Gasteiger partial charge in [-0.25, -0.2) is 22.4 Å². The fraction of sp³-hybridized carbons (Fsp3) is 0.235. The van der Waals surface area contributed by atoms with Crippen LogP contribution >= 0.6 is 0 Å². The third-order valence-electron chi connectivity index (χ3n) is 4.15. The average molecular weight is 378 g/mol. The lowest BCUT2D eigenvalue weighted by molar-refractivity contribution is 0.308. The van der Waals surface area contributed by atoms with E-state index in [-0.39, 0.29) is 47.9 Å². The van der Waals surface area contributed by atoms with Crippen LogP contribution in [0.3, 0.4) is 0 Å². The van der Waals surface area contributed by atoms with Crippen LogP contribution in [0.1, 0.15) is 18.5 Å². The number of nitrogens with zero attached hydrogens (tertiary/aromatic N) is 3. The van der Waals surface area contributed by atoms with Crippen molar-refractivity contribution >= 4 is 5.65 Å². The van der Waals surface area contributed by atoms with Gasteiger partial charge in [0.25, 0.3) is 0 Å². The van der Waals surface area contributed by atoms with Gasteiger partial charge in [-0.05, 0) is 30.5 Å². The number of aromatic nitrogens is 4. The van der Waals surface area contributed by atoms with E-state index in [1.807, 2.05) is 0 Å². The lowest BCUT2D eigenvalue weighted by atomic mass is 10.0. The molecule has 4 rings (SSSR count). The first-order valence-corrected chi connectivity index (χ1v) is 7.77. The minimum atomic E-state index is -1.86. The Kier molecular flexibility index (Phi) is 3.69. The zero-order chi connectivity index (χ0) is 19.3. The van der Waals surface area contributed by atoms with E-state index in [9.17, 15) is 22.4 Å². The van der Waals surface area contributed by atoms with Crippen LogP contribution in [-0.2, 0) is 5.67 Å². The van der Waals surface area contributed by atoms with Crippen molar-refractivity contribution in [1.29, 1.82) is 0 Å². The number of H-pyrrole nitrogens is 1. The van der Waals surface area contributed by atoms with E-state index in [1.54, 1.807) is 0 Å². The maximum Gasteiger partial charge on any atom is 0.352 e. The zero-order valence-electron chi connectivity index (χ0n) is 13.5. The summed E-state index contributed by atoms with van der Waals surface area (Å²) in [5, 5.41) is 3.93. The Morgan fingerprint density at radius 2 is 1.96 bits per heavy atom. The normalized spacial score (nSPS) is 14.9. The fourth-order valence-corrected chi connectivity index (χ4v) is 2.73. The number of nitrogens with one attached hydrogen (secondary N) is 1. The standard InChI is InChI=1S/C17H10F4N4O2/c1-2-5-27-15-22-14-11(8-6-9(18)12(20)10(19)7-8)13(17(21)3-4-17)24-25(14)16(26)23-15/h1,6-7H,3-5H2,(H,22,23,26). The molecule has 6 nitrogen and oxygen atoms in total. The van der Waals surface area contributed by atoms with Gasteiger partial charge in [-0.3, -0.25) is 4.98 Å². The number of aromatic amines is 1. The molecule has 0 bridgehead atoms. The Hall–Kier alpha value is -3.35. The van der Waals surface area contributed by atoms with Crippen molar-refractivity contribution in [3.63, 3.8) is 0 Å². The monoisotopic (exact) mass is 378 g/mol. The van der Waals surface area contributed by atoms with Crippen LogP contribution in [0.5, 0.6) is 6.01 Å². The van der Waals surface area contributed by atoms with Gasteiger partial charge in [-0.15, -0.1) is 6.42 Å². The molecule has 0 spiro atoms. The fourth-order valence-electron chi connectivity index (χ4n) is 2.73. The Bertz CT molecular complexity index is 1150. The van der Waals surface area contributed by atoms with Crippen molar-refractivity contribution in [2.45, 2.75) is 18.5 Å². The summed E-state index contributed by atoms with van der Waals surface area (Å²) in [5.74, 6) is -2.41. The van der Waals surface area contributed by atoms with Gasteiger partial charge >= 0.3 is 11.7 Å². The summed E-state index contributed by atoms with van der Waals surface area (Å²) >= 11 is 0.